The smallest absolute Gasteiger partial charge is 0.00766 e. The van der Waals surface area contributed by atoms with Crippen LogP contribution in [0.15, 0.2) is 24.3 Å². The molecular formula is C14H21N. The van der Waals surface area contributed by atoms with Crippen LogP contribution in [0.2, 0.25) is 0 Å². The van der Waals surface area contributed by atoms with E-state index in [2.05, 4.69) is 38.1 Å². The van der Waals surface area contributed by atoms with Gasteiger partial charge in [-0.1, -0.05) is 37.6 Å². The maximum Gasteiger partial charge on any atom is 0.00766 e. The summed E-state index contributed by atoms with van der Waals surface area (Å²) >= 11 is 0. The minimum atomic E-state index is 0.238. The number of hydrogen-bond donors (Lipinski definition) is 1. The number of hydrogen-bond acceptors (Lipinski definition) is 1. The van der Waals surface area contributed by atoms with Gasteiger partial charge in [0.25, 0.3) is 0 Å². The highest BCUT2D eigenvalue weighted by Crippen LogP contribution is 2.37. The summed E-state index contributed by atoms with van der Waals surface area (Å²) in [6, 6.07) is 9.25. The molecule has 2 atom stereocenters. The lowest BCUT2D eigenvalue weighted by atomic mass is 9.79. The summed E-state index contributed by atoms with van der Waals surface area (Å²) in [6.45, 7) is 4.30. The molecule has 0 spiro atoms. The average molecular weight is 203 g/mol. The van der Waals surface area contributed by atoms with Crippen molar-refractivity contribution in [3.05, 3.63) is 35.4 Å². The van der Waals surface area contributed by atoms with E-state index in [1.165, 1.54) is 30.4 Å². The van der Waals surface area contributed by atoms with Crippen LogP contribution in [-0.4, -0.2) is 6.04 Å². The summed E-state index contributed by atoms with van der Waals surface area (Å²) in [5.74, 6) is 1.29. The van der Waals surface area contributed by atoms with E-state index in [0.29, 0.717) is 5.92 Å². The third-order valence-corrected chi connectivity index (χ3v) is 3.80. The monoisotopic (exact) mass is 203 g/mol. The Labute approximate surface area is 92.7 Å². The fraction of sp³-hybridized carbons (Fsp3) is 0.571. The molecule has 0 saturated heterocycles. The topological polar surface area (TPSA) is 26.0 Å². The van der Waals surface area contributed by atoms with E-state index in [0.717, 1.165) is 5.92 Å². The molecule has 15 heavy (non-hydrogen) atoms. The van der Waals surface area contributed by atoms with Crippen molar-refractivity contribution in [1.29, 1.82) is 0 Å². The molecule has 1 aromatic rings. The van der Waals surface area contributed by atoms with Crippen LogP contribution in [0.25, 0.3) is 0 Å². The van der Waals surface area contributed by atoms with Crippen molar-refractivity contribution in [3.8, 4) is 0 Å². The Morgan fingerprint density at radius 2 is 2.00 bits per heavy atom. The SMILES string of the molecule is CC(N)C(C)c1cccc(C2CCC2)c1. The van der Waals surface area contributed by atoms with E-state index < -0.39 is 0 Å². The maximum absolute atomic E-state index is 5.94. The van der Waals surface area contributed by atoms with Gasteiger partial charge in [0.1, 0.15) is 0 Å². The zero-order chi connectivity index (χ0) is 10.8. The molecule has 0 bridgehead atoms. The van der Waals surface area contributed by atoms with Gasteiger partial charge in [0.2, 0.25) is 0 Å². The molecule has 0 aliphatic heterocycles. The fourth-order valence-corrected chi connectivity index (χ4v) is 2.14. The Morgan fingerprint density at radius 1 is 1.27 bits per heavy atom. The minimum absolute atomic E-state index is 0.238. The predicted octanol–water partition coefficient (Wildman–Crippen LogP) is 3.40. The second-order valence-corrected chi connectivity index (χ2v) is 4.95. The summed E-state index contributed by atoms with van der Waals surface area (Å²) < 4.78 is 0. The molecule has 0 amide bonds. The van der Waals surface area contributed by atoms with Crippen LogP contribution in [0.5, 0.6) is 0 Å². The number of benzene rings is 1. The van der Waals surface area contributed by atoms with Gasteiger partial charge >= 0.3 is 0 Å². The van der Waals surface area contributed by atoms with E-state index in [4.69, 9.17) is 5.73 Å². The molecule has 0 heterocycles. The van der Waals surface area contributed by atoms with Crippen molar-refractivity contribution in [3.63, 3.8) is 0 Å². The van der Waals surface area contributed by atoms with E-state index in [-0.39, 0.29) is 6.04 Å². The first kappa shape index (κ1) is 10.7. The normalized spacial score (nSPS) is 20.7. The van der Waals surface area contributed by atoms with Crippen LogP contribution in [0.1, 0.15) is 56.1 Å². The van der Waals surface area contributed by atoms with Crippen molar-refractivity contribution >= 4 is 0 Å². The van der Waals surface area contributed by atoms with Crippen molar-refractivity contribution in [1.82, 2.24) is 0 Å². The van der Waals surface area contributed by atoms with E-state index in [1.807, 2.05) is 0 Å². The van der Waals surface area contributed by atoms with Gasteiger partial charge in [-0.2, -0.15) is 0 Å². The van der Waals surface area contributed by atoms with Gasteiger partial charge in [0.15, 0.2) is 0 Å². The molecule has 2 rings (SSSR count). The Kier molecular flexibility index (Phi) is 3.11. The van der Waals surface area contributed by atoms with Gasteiger partial charge in [0.05, 0.1) is 0 Å². The Balaban J connectivity index is 2.18. The van der Waals surface area contributed by atoms with Crippen molar-refractivity contribution in [2.45, 2.75) is 51.0 Å². The summed E-state index contributed by atoms with van der Waals surface area (Å²) in [5.41, 5.74) is 8.86. The van der Waals surface area contributed by atoms with Crippen LogP contribution < -0.4 is 5.73 Å². The highest BCUT2D eigenvalue weighted by atomic mass is 14.6. The molecule has 1 aliphatic carbocycles. The summed E-state index contributed by atoms with van der Waals surface area (Å²) in [5, 5.41) is 0. The van der Waals surface area contributed by atoms with Crippen LogP contribution in [-0.2, 0) is 0 Å². The second kappa shape index (κ2) is 4.36. The van der Waals surface area contributed by atoms with Crippen molar-refractivity contribution < 1.29 is 0 Å². The maximum atomic E-state index is 5.94. The van der Waals surface area contributed by atoms with Gasteiger partial charge in [-0.15, -0.1) is 0 Å². The molecule has 1 aromatic carbocycles. The van der Waals surface area contributed by atoms with E-state index in [1.54, 1.807) is 0 Å². The Bertz CT molecular complexity index is 326. The van der Waals surface area contributed by atoms with Gasteiger partial charge < -0.3 is 5.73 Å². The van der Waals surface area contributed by atoms with Gasteiger partial charge in [-0.25, -0.2) is 0 Å². The lowest BCUT2D eigenvalue weighted by Gasteiger charge is -2.27. The molecule has 1 saturated carbocycles. The average Bonchev–Trinajstić information content (AvgIpc) is 2.14. The quantitative estimate of drug-likeness (QED) is 0.800. The van der Waals surface area contributed by atoms with Crippen LogP contribution in [0.4, 0.5) is 0 Å². The fourth-order valence-electron chi connectivity index (χ4n) is 2.14. The molecule has 82 valence electrons. The van der Waals surface area contributed by atoms with E-state index in [9.17, 15) is 0 Å². The third kappa shape index (κ3) is 2.23. The first-order valence-corrected chi connectivity index (χ1v) is 6.04. The Hall–Kier alpha value is -0.820. The van der Waals surface area contributed by atoms with Crippen molar-refractivity contribution in [2.75, 3.05) is 0 Å². The molecule has 0 aromatic heterocycles. The highest BCUT2D eigenvalue weighted by Gasteiger charge is 2.20. The van der Waals surface area contributed by atoms with Crippen LogP contribution in [0, 0.1) is 0 Å². The first-order valence-electron chi connectivity index (χ1n) is 6.04. The standard InChI is InChI=1S/C14H21N/c1-10(11(2)15)13-7-4-8-14(9-13)12-5-3-6-12/h4,7-12H,3,5-6,15H2,1-2H3. The third-order valence-electron chi connectivity index (χ3n) is 3.80. The lowest BCUT2D eigenvalue weighted by molar-refractivity contribution is 0.419. The zero-order valence-electron chi connectivity index (χ0n) is 9.74. The van der Waals surface area contributed by atoms with Crippen LogP contribution >= 0.6 is 0 Å². The second-order valence-electron chi connectivity index (χ2n) is 4.95. The largest absolute Gasteiger partial charge is 0.327 e. The summed E-state index contributed by atoms with van der Waals surface area (Å²) in [6.07, 6.45) is 4.14. The molecular weight excluding hydrogens is 182 g/mol. The van der Waals surface area contributed by atoms with Gasteiger partial charge in [0, 0.05) is 6.04 Å². The molecule has 1 heteroatoms. The molecule has 1 aliphatic rings. The molecule has 2 unspecified atom stereocenters. The molecule has 0 radical (unpaired) electrons. The van der Waals surface area contributed by atoms with Crippen molar-refractivity contribution in [2.24, 2.45) is 5.73 Å². The highest BCUT2D eigenvalue weighted by molar-refractivity contribution is 5.30. The lowest BCUT2D eigenvalue weighted by Crippen LogP contribution is -2.22. The summed E-state index contributed by atoms with van der Waals surface area (Å²) in [7, 11) is 0. The number of rotatable bonds is 3. The molecule has 1 fully saturated rings. The summed E-state index contributed by atoms with van der Waals surface area (Å²) in [4.78, 5) is 0. The molecule has 1 nitrogen and oxygen atoms in total. The number of nitrogens with two attached hydrogens (primary N) is 1. The first-order chi connectivity index (χ1) is 7.18. The van der Waals surface area contributed by atoms with Gasteiger partial charge in [-0.3, -0.25) is 0 Å². The molecule has 2 N–H and O–H groups in total. The zero-order valence-corrected chi connectivity index (χ0v) is 9.74. The minimum Gasteiger partial charge on any atom is -0.327 e. The van der Waals surface area contributed by atoms with E-state index >= 15 is 0 Å². The Morgan fingerprint density at radius 3 is 2.53 bits per heavy atom. The van der Waals surface area contributed by atoms with Crippen LogP contribution in [0.3, 0.4) is 0 Å². The predicted molar refractivity (Wildman–Crippen MR) is 65.1 cm³/mol. The van der Waals surface area contributed by atoms with Gasteiger partial charge in [-0.05, 0) is 42.7 Å².